The molecule has 1 heterocycles. The van der Waals surface area contributed by atoms with Crippen molar-refractivity contribution < 1.29 is 9.47 Å². The molecule has 1 aromatic carbocycles. The average Bonchev–Trinajstić information content (AvgIpc) is 2.49. The molecule has 0 unspecified atom stereocenters. The van der Waals surface area contributed by atoms with Gasteiger partial charge in [-0.15, -0.1) is 0 Å². The van der Waals surface area contributed by atoms with Crippen LogP contribution < -0.4 is 10.5 Å². The summed E-state index contributed by atoms with van der Waals surface area (Å²) in [7, 11) is 1.64. The molecule has 0 aromatic heterocycles. The van der Waals surface area contributed by atoms with Crippen LogP contribution in [-0.2, 0) is 11.3 Å². The zero-order valence-electron chi connectivity index (χ0n) is 12.7. The fraction of sp³-hybridized carbons (Fsp3) is 0.625. The first kappa shape index (κ1) is 16.6. The Morgan fingerprint density at radius 3 is 2.71 bits per heavy atom. The molecule has 1 aromatic rings. The number of hydrogen-bond donors (Lipinski definition) is 1. The van der Waals surface area contributed by atoms with Gasteiger partial charge in [-0.05, 0) is 43.5 Å². The number of halogens is 1. The van der Waals surface area contributed by atoms with E-state index in [1.165, 1.54) is 5.56 Å². The Labute approximate surface area is 132 Å². The van der Waals surface area contributed by atoms with Crippen LogP contribution in [0.25, 0.3) is 0 Å². The maximum Gasteiger partial charge on any atom is 0.137 e. The predicted molar refractivity (Wildman–Crippen MR) is 85.9 cm³/mol. The number of piperidine rings is 1. The van der Waals surface area contributed by atoms with Crippen molar-refractivity contribution in [1.29, 1.82) is 0 Å². The summed E-state index contributed by atoms with van der Waals surface area (Å²) in [6.07, 6.45) is 3.53. The van der Waals surface area contributed by atoms with Gasteiger partial charge in [0.25, 0.3) is 0 Å². The normalized spacial score (nSPS) is 17.1. The monoisotopic (exact) mass is 312 g/mol. The minimum Gasteiger partial charge on any atom is -0.495 e. The lowest BCUT2D eigenvalue weighted by atomic mass is 10.1. The van der Waals surface area contributed by atoms with Crippen molar-refractivity contribution in [3.63, 3.8) is 0 Å². The molecule has 2 rings (SSSR count). The molecule has 118 valence electrons. The number of ether oxygens (including phenoxy) is 2. The molecule has 0 atom stereocenters. The van der Waals surface area contributed by atoms with Crippen molar-refractivity contribution in [3.8, 4) is 5.75 Å². The maximum absolute atomic E-state index is 6.17. The van der Waals surface area contributed by atoms with Gasteiger partial charge in [0.1, 0.15) is 5.75 Å². The minimum atomic E-state index is 0.396. The van der Waals surface area contributed by atoms with Gasteiger partial charge in [-0.1, -0.05) is 17.7 Å². The summed E-state index contributed by atoms with van der Waals surface area (Å²) in [6.45, 7) is 4.56. The second kappa shape index (κ2) is 8.59. The van der Waals surface area contributed by atoms with E-state index in [0.717, 1.165) is 51.3 Å². The molecule has 1 fully saturated rings. The minimum absolute atomic E-state index is 0.396. The molecule has 1 aliphatic rings. The van der Waals surface area contributed by atoms with E-state index in [-0.39, 0.29) is 0 Å². The first-order valence-corrected chi connectivity index (χ1v) is 7.97. The molecule has 1 saturated heterocycles. The van der Waals surface area contributed by atoms with Gasteiger partial charge in [0, 0.05) is 26.2 Å². The summed E-state index contributed by atoms with van der Waals surface area (Å²) in [6, 6.07) is 6.00. The van der Waals surface area contributed by atoms with Crippen LogP contribution in [0, 0.1) is 0 Å². The number of rotatable bonds is 7. The Kier molecular flexibility index (Phi) is 6.77. The molecule has 0 radical (unpaired) electrons. The fourth-order valence-corrected chi connectivity index (χ4v) is 2.91. The molecular formula is C16H25ClN2O2. The van der Waals surface area contributed by atoms with Gasteiger partial charge >= 0.3 is 0 Å². The van der Waals surface area contributed by atoms with Crippen molar-refractivity contribution in [2.75, 3.05) is 33.4 Å². The summed E-state index contributed by atoms with van der Waals surface area (Å²) in [5.74, 6) is 0.729. The predicted octanol–water partition coefficient (Wildman–Crippen LogP) is 2.68. The van der Waals surface area contributed by atoms with Crippen LogP contribution in [0.1, 0.15) is 24.8 Å². The van der Waals surface area contributed by atoms with E-state index in [4.69, 9.17) is 26.8 Å². The molecule has 0 aliphatic carbocycles. The third-order valence-corrected chi connectivity index (χ3v) is 4.15. The van der Waals surface area contributed by atoms with Crippen molar-refractivity contribution >= 4 is 11.6 Å². The second-order valence-electron chi connectivity index (χ2n) is 5.46. The van der Waals surface area contributed by atoms with E-state index in [2.05, 4.69) is 11.0 Å². The molecule has 0 saturated carbocycles. The van der Waals surface area contributed by atoms with Crippen LogP contribution in [0.3, 0.4) is 0 Å². The lowest BCUT2D eigenvalue weighted by Gasteiger charge is -2.32. The van der Waals surface area contributed by atoms with E-state index in [1.54, 1.807) is 7.11 Å². The number of benzene rings is 1. The summed E-state index contributed by atoms with van der Waals surface area (Å²) >= 11 is 6.17. The number of nitrogens with two attached hydrogens (primary N) is 1. The Bertz CT molecular complexity index is 434. The van der Waals surface area contributed by atoms with Crippen LogP contribution in [0.5, 0.6) is 5.75 Å². The third-order valence-electron chi connectivity index (χ3n) is 3.86. The van der Waals surface area contributed by atoms with Gasteiger partial charge in [0.2, 0.25) is 0 Å². The molecule has 4 nitrogen and oxygen atoms in total. The van der Waals surface area contributed by atoms with Gasteiger partial charge in [0.05, 0.1) is 18.2 Å². The number of likely N-dealkylation sites (tertiary alicyclic amines) is 1. The first-order valence-electron chi connectivity index (χ1n) is 7.59. The largest absolute Gasteiger partial charge is 0.495 e. The molecule has 5 heteroatoms. The molecule has 0 amide bonds. The van der Waals surface area contributed by atoms with Crippen LogP contribution in [0.4, 0.5) is 0 Å². The maximum atomic E-state index is 6.17. The summed E-state index contributed by atoms with van der Waals surface area (Å²) < 4.78 is 11.0. The highest BCUT2D eigenvalue weighted by Gasteiger charge is 2.19. The van der Waals surface area contributed by atoms with Crippen LogP contribution in [-0.4, -0.2) is 44.4 Å². The van der Waals surface area contributed by atoms with Gasteiger partial charge in [0.15, 0.2) is 0 Å². The molecule has 21 heavy (non-hydrogen) atoms. The SMILES string of the molecule is COc1ccc(CN2CCC(OCCCN)CC2)cc1Cl. The van der Waals surface area contributed by atoms with E-state index < -0.39 is 0 Å². The Morgan fingerprint density at radius 1 is 1.33 bits per heavy atom. The van der Waals surface area contributed by atoms with E-state index in [9.17, 15) is 0 Å². The molecule has 0 spiro atoms. The summed E-state index contributed by atoms with van der Waals surface area (Å²) in [5.41, 5.74) is 6.70. The Balaban J connectivity index is 1.77. The van der Waals surface area contributed by atoms with Gasteiger partial charge in [-0.3, -0.25) is 4.90 Å². The first-order chi connectivity index (χ1) is 10.2. The smallest absolute Gasteiger partial charge is 0.137 e. The van der Waals surface area contributed by atoms with Crippen LogP contribution in [0.2, 0.25) is 5.02 Å². The Hall–Kier alpha value is -0.810. The second-order valence-corrected chi connectivity index (χ2v) is 5.86. The number of hydrogen-bond acceptors (Lipinski definition) is 4. The van der Waals surface area contributed by atoms with Crippen molar-refractivity contribution in [3.05, 3.63) is 28.8 Å². The zero-order valence-corrected chi connectivity index (χ0v) is 13.4. The van der Waals surface area contributed by atoms with Gasteiger partial charge in [-0.25, -0.2) is 0 Å². The van der Waals surface area contributed by atoms with Crippen LogP contribution in [0.15, 0.2) is 18.2 Å². The van der Waals surface area contributed by atoms with E-state index in [0.29, 0.717) is 17.7 Å². The molecule has 0 bridgehead atoms. The molecular weight excluding hydrogens is 288 g/mol. The van der Waals surface area contributed by atoms with Crippen molar-refractivity contribution in [2.45, 2.75) is 31.9 Å². The highest BCUT2D eigenvalue weighted by molar-refractivity contribution is 6.32. The highest BCUT2D eigenvalue weighted by Crippen LogP contribution is 2.26. The molecule has 2 N–H and O–H groups in total. The van der Waals surface area contributed by atoms with Gasteiger partial charge < -0.3 is 15.2 Å². The zero-order chi connectivity index (χ0) is 15.1. The van der Waals surface area contributed by atoms with E-state index in [1.807, 2.05) is 12.1 Å². The lowest BCUT2D eigenvalue weighted by Crippen LogP contribution is -2.36. The van der Waals surface area contributed by atoms with Gasteiger partial charge in [-0.2, -0.15) is 0 Å². The van der Waals surface area contributed by atoms with Crippen LogP contribution >= 0.6 is 11.6 Å². The number of methoxy groups -OCH3 is 1. The lowest BCUT2D eigenvalue weighted by molar-refractivity contribution is 0.00563. The topological polar surface area (TPSA) is 47.7 Å². The third kappa shape index (κ3) is 5.15. The van der Waals surface area contributed by atoms with E-state index >= 15 is 0 Å². The number of nitrogens with zero attached hydrogens (tertiary/aromatic N) is 1. The fourth-order valence-electron chi connectivity index (χ4n) is 2.63. The standard InChI is InChI=1S/C16H25ClN2O2/c1-20-16-4-3-13(11-15(16)17)12-19-8-5-14(6-9-19)21-10-2-7-18/h3-4,11,14H,2,5-10,12,18H2,1H3. The highest BCUT2D eigenvalue weighted by atomic mass is 35.5. The Morgan fingerprint density at radius 2 is 2.10 bits per heavy atom. The van der Waals surface area contributed by atoms with Crippen molar-refractivity contribution in [1.82, 2.24) is 4.90 Å². The average molecular weight is 313 g/mol. The summed E-state index contributed by atoms with van der Waals surface area (Å²) in [4.78, 5) is 2.45. The molecule has 1 aliphatic heterocycles. The van der Waals surface area contributed by atoms with Crippen molar-refractivity contribution in [2.24, 2.45) is 5.73 Å². The summed E-state index contributed by atoms with van der Waals surface area (Å²) in [5, 5.41) is 0.676. The quantitative estimate of drug-likeness (QED) is 0.786.